The Morgan fingerprint density at radius 3 is 2.58 bits per heavy atom. The van der Waals surface area contributed by atoms with Gasteiger partial charge in [0.05, 0.1) is 16.1 Å². The van der Waals surface area contributed by atoms with Crippen molar-refractivity contribution in [1.82, 2.24) is 4.31 Å². The van der Waals surface area contributed by atoms with Gasteiger partial charge in [-0.1, -0.05) is 42.3 Å². The standard InChI is InChI=1S/C12H14Cl2N2O2S/c1-3-10(7-15)19(17,18)16(2)8-9-5-4-6-11(13)12(9)14/h4-6,10H,3,8H2,1-2H3. The molecule has 0 aliphatic heterocycles. The summed E-state index contributed by atoms with van der Waals surface area (Å²) in [4.78, 5) is 0. The Hall–Kier alpha value is -0.800. The molecule has 104 valence electrons. The zero-order chi connectivity index (χ0) is 14.6. The molecule has 0 aliphatic carbocycles. The van der Waals surface area contributed by atoms with E-state index < -0.39 is 15.3 Å². The second-order valence-electron chi connectivity index (χ2n) is 4.04. The van der Waals surface area contributed by atoms with Gasteiger partial charge in [0.25, 0.3) is 0 Å². The van der Waals surface area contributed by atoms with Crippen molar-refractivity contribution in [3.05, 3.63) is 33.8 Å². The van der Waals surface area contributed by atoms with E-state index in [0.29, 0.717) is 15.6 Å². The van der Waals surface area contributed by atoms with Gasteiger partial charge in [-0.2, -0.15) is 9.57 Å². The molecule has 4 nitrogen and oxygen atoms in total. The van der Waals surface area contributed by atoms with E-state index in [-0.39, 0.29) is 13.0 Å². The summed E-state index contributed by atoms with van der Waals surface area (Å²) in [7, 11) is -2.24. The number of rotatable bonds is 5. The highest BCUT2D eigenvalue weighted by Crippen LogP contribution is 2.27. The molecule has 0 aromatic heterocycles. The van der Waals surface area contributed by atoms with E-state index in [0.717, 1.165) is 4.31 Å². The molecule has 1 rings (SSSR count). The summed E-state index contributed by atoms with van der Waals surface area (Å²) in [6.07, 6.45) is 0.243. The maximum Gasteiger partial charge on any atom is 0.230 e. The lowest BCUT2D eigenvalue weighted by Crippen LogP contribution is -2.34. The summed E-state index contributed by atoms with van der Waals surface area (Å²) >= 11 is 11.9. The van der Waals surface area contributed by atoms with Crippen LogP contribution in [0.5, 0.6) is 0 Å². The summed E-state index contributed by atoms with van der Waals surface area (Å²) in [6, 6.07) is 6.83. The molecule has 0 saturated heterocycles. The number of hydrogen-bond donors (Lipinski definition) is 0. The fourth-order valence-corrected chi connectivity index (χ4v) is 3.27. The maximum absolute atomic E-state index is 12.1. The normalized spacial score (nSPS) is 13.3. The van der Waals surface area contributed by atoms with Gasteiger partial charge in [0.2, 0.25) is 10.0 Å². The third-order valence-electron chi connectivity index (χ3n) is 2.73. The van der Waals surface area contributed by atoms with Crippen LogP contribution in [0.1, 0.15) is 18.9 Å². The Balaban J connectivity index is 3.00. The van der Waals surface area contributed by atoms with E-state index in [1.165, 1.54) is 7.05 Å². The van der Waals surface area contributed by atoms with Crippen LogP contribution in [0.2, 0.25) is 10.0 Å². The number of nitrogens with zero attached hydrogens (tertiary/aromatic N) is 2. The van der Waals surface area contributed by atoms with Crippen LogP contribution in [0.3, 0.4) is 0 Å². The summed E-state index contributed by atoms with van der Waals surface area (Å²) in [5.74, 6) is 0. The average Bonchev–Trinajstić information content (AvgIpc) is 2.36. The van der Waals surface area contributed by atoms with Gasteiger partial charge in [-0.25, -0.2) is 8.42 Å². The van der Waals surface area contributed by atoms with Crippen molar-refractivity contribution in [3.8, 4) is 6.07 Å². The molecule has 7 heteroatoms. The zero-order valence-corrected chi connectivity index (χ0v) is 12.9. The monoisotopic (exact) mass is 320 g/mol. The average molecular weight is 321 g/mol. The van der Waals surface area contributed by atoms with Crippen LogP contribution in [0, 0.1) is 11.3 Å². The third-order valence-corrected chi connectivity index (χ3v) is 5.75. The Kier molecular flexibility index (Phi) is 5.63. The van der Waals surface area contributed by atoms with E-state index in [2.05, 4.69) is 0 Å². The molecular weight excluding hydrogens is 307 g/mol. The first kappa shape index (κ1) is 16.3. The zero-order valence-electron chi connectivity index (χ0n) is 10.6. The topological polar surface area (TPSA) is 61.2 Å². The Morgan fingerprint density at radius 1 is 1.42 bits per heavy atom. The number of sulfonamides is 1. The van der Waals surface area contributed by atoms with Crippen LogP contribution >= 0.6 is 23.2 Å². The molecule has 0 amide bonds. The minimum absolute atomic E-state index is 0.0832. The third kappa shape index (κ3) is 3.61. The van der Waals surface area contributed by atoms with E-state index >= 15 is 0 Å². The summed E-state index contributed by atoms with van der Waals surface area (Å²) < 4.78 is 25.4. The molecule has 1 aromatic rings. The molecule has 0 aliphatic rings. The molecule has 1 atom stereocenters. The number of hydrogen-bond acceptors (Lipinski definition) is 3. The SMILES string of the molecule is CCC(C#N)S(=O)(=O)N(C)Cc1cccc(Cl)c1Cl. The lowest BCUT2D eigenvalue weighted by Gasteiger charge is -2.20. The molecule has 1 aromatic carbocycles. The van der Waals surface area contributed by atoms with Gasteiger partial charge in [0.15, 0.2) is 5.25 Å². The lowest BCUT2D eigenvalue weighted by molar-refractivity contribution is 0.460. The van der Waals surface area contributed by atoms with Crippen LogP contribution in [-0.4, -0.2) is 25.0 Å². The highest BCUT2D eigenvalue weighted by molar-refractivity contribution is 7.89. The predicted octanol–water partition coefficient (Wildman–Crippen LogP) is 3.06. The van der Waals surface area contributed by atoms with Crippen LogP contribution < -0.4 is 0 Å². The minimum atomic E-state index is -3.66. The van der Waals surface area contributed by atoms with Crippen LogP contribution in [0.4, 0.5) is 0 Å². The van der Waals surface area contributed by atoms with Gasteiger partial charge in [-0.05, 0) is 18.1 Å². The number of nitriles is 1. The van der Waals surface area contributed by atoms with E-state index in [1.54, 1.807) is 31.2 Å². The van der Waals surface area contributed by atoms with Crippen molar-refractivity contribution in [3.63, 3.8) is 0 Å². The first-order valence-electron chi connectivity index (χ1n) is 5.62. The molecule has 0 bridgehead atoms. The highest BCUT2D eigenvalue weighted by Gasteiger charge is 2.28. The van der Waals surface area contributed by atoms with Crippen molar-refractivity contribution in [1.29, 1.82) is 5.26 Å². The largest absolute Gasteiger partial charge is 0.230 e. The van der Waals surface area contributed by atoms with E-state index in [1.807, 2.05) is 0 Å². The second kappa shape index (κ2) is 6.58. The molecule has 0 heterocycles. The summed E-state index contributed by atoms with van der Waals surface area (Å²) in [5, 5.41) is 8.53. The van der Waals surface area contributed by atoms with Gasteiger partial charge in [0.1, 0.15) is 0 Å². The van der Waals surface area contributed by atoms with Crippen LogP contribution in [-0.2, 0) is 16.6 Å². The molecule has 0 spiro atoms. The second-order valence-corrected chi connectivity index (χ2v) is 7.05. The van der Waals surface area contributed by atoms with Gasteiger partial charge in [-0.15, -0.1) is 0 Å². The maximum atomic E-state index is 12.1. The molecule has 1 unspecified atom stereocenters. The molecule has 0 N–H and O–H groups in total. The van der Waals surface area contributed by atoms with Gasteiger partial charge in [0, 0.05) is 13.6 Å². The highest BCUT2D eigenvalue weighted by atomic mass is 35.5. The molecule has 0 fully saturated rings. The van der Waals surface area contributed by atoms with Crippen molar-refractivity contribution in [2.45, 2.75) is 25.1 Å². The van der Waals surface area contributed by atoms with Crippen molar-refractivity contribution in [2.24, 2.45) is 0 Å². The first-order chi connectivity index (χ1) is 8.84. The predicted molar refractivity (Wildman–Crippen MR) is 76.5 cm³/mol. The fourth-order valence-electron chi connectivity index (χ4n) is 1.59. The quantitative estimate of drug-likeness (QED) is 0.837. The lowest BCUT2D eigenvalue weighted by atomic mass is 10.2. The van der Waals surface area contributed by atoms with Crippen molar-refractivity contribution < 1.29 is 8.42 Å². The Bertz CT molecular complexity index is 596. The molecular formula is C12H14Cl2N2O2S. The van der Waals surface area contributed by atoms with Crippen LogP contribution in [0.25, 0.3) is 0 Å². The smallest absolute Gasteiger partial charge is 0.211 e. The Morgan fingerprint density at radius 2 is 2.05 bits per heavy atom. The van der Waals surface area contributed by atoms with Gasteiger partial charge in [-0.3, -0.25) is 0 Å². The van der Waals surface area contributed by atoms with Crippen LogP contribution in [0.15, 0.2) is 18.2 Å². The van der Waals surface area contributed by atoms with Gasteiger partial charge >= 0.3 is 0 Å². The molecule has 0 radical (unpaired) electrons. The van der Waals surface area contributed by atoms with Crippen molar-refractivity contribution >= 4 is 33.2 Å². The fraction of sp³-hybridized carbons (Fsp3) is 0.417. The number of benzene rings is 1. The number of halogens is 2. The van der Waals surface area contributed by atoms with Crippen molar-refractivity contribution in [2.75, 3.05) is 7.05 Å². The summed E-state index contributed by atoms with van der Waals surface area (Å²) in [6.45, 7) is 1.74. The first-order valence-corrected chi connectivity index (χ1v) is 7.88. The minimum Gasteiger partial charge on any atom is -0.211 e. The molecule has 19 heavy (non-hydrogen) atoms. The van der Waals surface area contributed by atoms with E-state index in [9.17, 15) is 8.42 Å². The van der Waals surface area contributed by atoms with E-state index in [4.69, 9.17) is 28.5 Å². The van der Waals surface area contributed by atoms with Gasteiger partial charge < -0.3 is 0 Å². The Labute approximate surface area is 123 Å². The summed E-state index contributed by atoms with van der Waals surface area (Å²) in [5.41, 5.74) is 0.605. The molecule has 0 saturated carbocycles.